The average molecular weight is 357 g/mol. The van der Waals surface area contributed by atoms with E-state index in [2.05, 4.69) is 37.8 Å². The summed E-state index contributed by atoms with van der Waals surface area (Å²) in [6.07, 6.45) is 0.885. The van der Waals surface area contributed by atoms with Crippen LogP contribution in [0.15, 0.2) is 42.5 Å². The number of benzene rings is 2. The second-order valence-corrected chi connectivity index (χ2v) is 7.27. The van der Waals surface area contributed by atoms with Gasteiger partial charge < -0.3 is 4.90 Å². The zero-order valence-electron chi connectivity index (χ0n) is 15.1. The van der Waals surface area contributed by atoms with Gasteiger partial charge >= 0.3 is 0 Å². The third kappa shape index (κ3) is 3.88. The van der Waals surface area contributed by atoms with Gasteiger partial charge in [-0.2, -0.15) is 0 Å². The fourth-order valence-electron chi connectivity index (χ4n) is 3.37. The van der Waals surface area contributed by atoms with Crippen LogP contribution in [0, 0.1) is 0 Å². The minimum absolute atomic E-state index is 0.0452. The van der Waals surface area contributed by atoms with Crippen molar-refractivity contribution in [3.05, 3.63) is 64.2 Å². The lowest BCUT2D eigenvalue weighted by Crippen LogP contribution is -2.30. The number of anilines is 1. The van der Waals surface area contributed by atoms with Gasteiger partial charge in [0.25, 0.3) is 5.91 Å². The number of halogens is 1. The molecule has 1 aliphatic rings. The molecule has 1 aliphatic heterocycles. The molecule has 2 aromatic carbocycles. The molecule has 0 atom stereocenters. The summed E-state index contributed by atoms with van der Waals surface area (Å²) >= 11 is 6.11. The van der Waals surface area contributed by atoms with Crippen LogP contribution in [0.1, 0.15) is 42.3 Å². The molecule has 0 fully saturated rings. The summed E-state index contributed by atoms with van der Waals surface area (Å²) in [5.74, 6) is 0.0452. The molecule has 0 radical (unpaired) electrons. The maximum Gasteiger partial charge on any atom is 0.258 e. The number of hydrogen-bond acceptors (Lipinski definition) is 2. The molecular weight excluding hydrogens is 332 g/mol. The van der Waals surface area contributed by atoms with Crippen LogP contribution in [0.2, 0.25) is 5.02 Å². The van der Waals surface area contributed by atoms with Crippen molar-refractivity contribution in [1.29, 1.82) is 0 Å². The molecule has 0 N–H and O–H groups in total. The number of nitrogens with zero attached hydrogens (tertiary/aromatic N) is 2. The Bertz CT molecular complexity index is 755. The van der Waals surface area contributed by atoms with Crippen molar-refractivity contribution >= 4 is 23.2 Å². The number of amides is 1. The third-order valence-electron chi connectivity index (χ3n) is 4.91. The highest BCUT2D eigenvalue weighted by Gasteiger charge is 2.25. The Hall–Kier alpha value is -1.84. The summed E-state index contributed by atoms with van der Waals surface area (Å²) in [5, 5.41) is 0.669. The van der Waals surface area contributed by atoms with Crippen molar-refractivity contribution in [2.24, 2.45) is 0 Å². The van der Waals surface area contributed by atoms with Crippen molar-refractivity contribution in [2.45, 2.75) is 39.8 Å². The fraction of sp³-hybridized carbons (Fsp3) is 0.381. The molecule has 0 bridgehead atoms. The molecule has 1 heterocycles. The van der Waals surface area contributed by atoms with Crippen LogP contribution in [-0.4, -0.2) is 29.9 Å². The molecule has 0 aromatic heterocycles. The minimum Gasteiger partial charge on any atom is -0.308 e. The molecule has 0 saturated heterocycles. The lowest BCUT2D eigenvalue weighted by molar-refractivity contribution is 0.0989. The van der Waals surface area contributed by atoms with Crippen molar-refractivity contribution in [3.63, 3.8) is 0 Å². The summed E-state index contributed by atoms with van der Waals surface area (Å²) in [6.45, 7) is 9.23. The highest BCUT2D eigenvalue weighted by molar-refractivity contribution is 6.31. The molecule has 0 saturated carbocycles. The monoisotopic (exact) mass is 356 g/mol. The predicted molar refractivity (Wildman–Crippen MR) is 104 cm³/mol. The van der Waals surface area contributed by atoms with Crippen LogP contribution in [0.4, 0.5) is 5.69 Å². The second-order valence-electron chi connectivity index (χ2n) is 6.83. The van der Waals surface area contributed by atoms with Gasteiger partial charge in [0, 0.05) is 35.4 Å². The van der Waals surface area contributed by atoms with E-state index in [0.717, 1.165) is 30.8 Å². The Balaban J connectivity index is 1.75. The molecule has 4 heteroatoms. The van der Waals surface area contributed by atoms with Crippen molar-refractivity contribution in [3.8, 4) is 0 Å². The van der Waals surface area contributed by atoms with Crippen LogP contribution in [0.5, 0.6) is 0 Å². The first-order chi connectivity index (χ1) is 12.0. The predicted octanol–water partition coefficient (Wildman–Crippen LogP) is 4.77. The molecule has 25 heavy (non-hydrogen) atoms. The van der Waals surface area contributed by atoms with Gasteiger partial charge in [0.1, 0.15) is 0 Å². The largest absolute Gasteiger partial charge is 0.308 e. The Morgan fingerprint density at radius 3 is 2.56 bits per heavy atom. The van der Waals surface area contributed by atoms with Gasteiger partial charge in [-0.05, 0) is 62.2 Å². The molecule has 0 spiro atoms. The summed E-state index contributed by atoms with van der Waals surface area (Å²) < 4.78 is 0. The maximum absolute atomic E-state index is 12.9. The van der Waals surface area contributed by atoms with E-state index in [9.17, 15) is 4.79 Å². The quantitative estimate of drug-likeness (QED) is 0.770. The standard InChI is InChI=1S/C21H25ClN2O/c1-4-23(15(2)3)14-16-5-7-18(8-6-16)21(25)24-12-11-17-9-10-19(22)13-20(17)24/h5-10,13,15H,4,11-12,14H2,1-3H3. The molecule has 0 unspecified atom stereocenters. The molecule has 3 rings (SSSR count). The lowest BCUT2D eigenvalue weighted by Gasteiger charge is -2.25. The van der Waals surface area contributed by atoms with E-state index in [1.807, 2.05) is 35.2 Å². The first-order valence-corrected chi connectivity index (χ1v) is 9.30. The van der Waals surface area contributed by atoms with Crippen molar-refractivity contribution in [1.82, 2.24) is 4.90 Å². The van der Waals surface area contributed by atoms with E-state index in [-0.39, 0.29) is 5.91 Å². The number of carbonyl (C=O) groups excluding carboxylic acids is 1. The van der Waals surface area contributed by atoms with Gasteiger partial charge in [0.15, 0.2) is 0 Å². The number of carbonyl (C=O) groups is 1. The zero-order valence-corrected chi connectivity index (χ0v) is 15.9. The maximum atomic E-state index is 12.9. The smallest absolute Gasteiger partial charge is 0.258 e. The van der Waals surface area contributed by atoms with Gasteiger partial charge in [0.05, 0.1) is 0 Å². The number of fused-ring (bicyclic) bond motifs is 1. The van der Waals surface area contributed by atoms with Crippen molar-refractivity contribution < 1.29 is 4.79 Å². The summed E-state index contributed by atoms with van der Waals surface area (Å²) in [6, 6.07) is 14.3. The van der Waals surface area contributed by atoms with Gasteiger partial charge in [-0.15, -0.1) is 0 Å². The normalized spacial score (nSPS) is 13.6. The second kappa shape index (κ2) is 7.59. The SMILES string of the molecule is CCN(Cc1ccc(C(=O)N2CCc3ccc(Cl)cc32)cc1)C(C)C. The minimum atomic E-state index is 0.0452. The van der Waals surface area contributed by atoms with E-state index in [1.54, 1.807) is 0 Å². The van der Waals surface area contributed by atoms with E-state index in [4.69, 9.17) is 11.6 Å². The van der Waals surface area contributed by atoms with Gasteiger partial charge in [-0.1, -0.05) is 36.7 Å². The van der Waals surface area contributed by atoms with E-state index >= 15 is 0 Å². The molecule has 3 nitrogen and oxygen atoms in total. The third-order valence-corrected chi connectivity index (χ3v) is 5.15. The van der Waals surface area contributed by atoms with Crippen LogP contribution in [-0.2, 0) is 13.0 Å². The summed E-state index contributed by atoms with van der Waals surface area (Å²) in [7, 11) is 0. The van der Waals surface area contributed by atoms with Gasteiger partial charge in [-0.25, -0.2) is 0 Å². The Labute approximate surface area is 155 Å². The highest BCUT2D eigenvalue weighted by atomic mass is 35.5. The average Bonchev–Trinajstić information content (AvgIpc) is 3.02. The summed E-state index contributed by atoms with van der Waals surface area (Å²) in [4.78, 5) is 17.1. The van der Waals surface area contributed by atoms with E-state index < -0.39 is 0 Å². The first-order valence-electron chi connectivity index (χ1n) is 8.93. The summed E-state index contributed by atoms with van der Waals surface area (Å²) in [5.41, 5.74) is 4.09. The van der Waals surface area contributed by atoms with E-state index in [1.165, 1.54) is 11.1 Å². The Kier molecular flexibility index (Phi) is 5.45. The van der Waals surface area contributed by atoms with Crippen LogP contribution >= 0.6 is 11.6 Å². The highest BCUT2D eigenvalue weighted by Crippen LogP contribution is 2.31. The number of hydrogen-bond donors (Lipinski definition) is 0. The van der Waals surface area contributed by atoms with Crippen LogP contribution in [0.3, 0.4) is 0 Å². The Morgan fingerprint density at radius 1 is 1.20 bits per heavy atom. The number of rotatable bonds is 5. The molecule has 132 valence electrons. The first kappa shape index (κ1) is 18.0. The lowest BCUT2D eigenvalue weighted by atomic mass is 10.1. The molecular formula is C21H25ClN2O. The van der Waals surface area contributed by atoms with Gasteiger partial charge in [0.2, 0.25) is 0 Å². The molecule has 1 amide bonds. The molecule has 2 aromatic rings. The zero-order chi connectivity index (χ0) is 18.0. The van der Waals surface area contributed by atoms with Crippen LogP contribution < -0.4 is 4.90 Å². The van der Waals surface area contributed by atoms with E-state index in [0.29, 0.717) is 17.6 Å². The van der Waals surface area contributed by atoms with Gasteiger partial charge in [-0.3, -0.25) is 9.69 Å². The van der Waals surface area contributed by atoms with Crippen LogP contribution in [0.25, 0.3) is 0 Å². The molecule has 0 aliphatic carbocycles. The fourth-order valence-corrected chi connectivity index (χ4v) is 3.53. The topological polar surface area (TPSA) is 23.6 Å². The van der Waals surface area contributed by atoms with Crippen molar-refractivity contribution in [2.75, 3.05) is 18.0 Å². The Morgan fingerprint density at radius 2 is 1.92 bits per heavy atom.